The van der Waals surface area contributed by atoms with Gasteiger partial charge in [-0.1, -0.05) is 68.1 Å². The van der Waals surface area contributed by atoms with Crippen LogP contribution in [0, 0.1) is 21.8 Å². The molecule has 1 fully saturated rings. The van der Waals surface area contributed by atoms with Gasteiger partial charge >= 0.3 is 4.87 Å². The van der Waals surface area contributed by atoms with E-state index in [1.807, 2.05) is 24.3 Å². The number of hydrogen-bond donors (Lipinski definition) is 1. The van der Waals surface area contributed by atoms with Gasteiger partial charge in [0.1, 0.15) is 17.6 Å². The summed E-state index contributed by atoms with van der Waals surface area (Å²) < 4.78 is 14.6. The number of amides is 3. The number of hydrogen-bond acceptors (Lipinski definition) is 8. The Hall–Kier alpha value is -4.62. The minimum Gasteiger partial charge on any atom is -0.325 e. The Bertz CT molecular complexity index is 1900. The Kier molecular flexibility index (Phi) is 7.69. The second-order valence-electron chi connectivity index (χ2n) is 11.9. The van der Waals surface area contributed by atoms with Gasteiger partial charge in [0.25, 0.3) is 5.69 Å². The standard InChI is InChI=1S/C32H27FN4O6S2/c1-32(2,3)18-6-4-17(5-7-18)24-25-26(29(40)36(28(25)39)21-12-14-22(15-13-21)37(42)43)44-30-27(24)45-31(41)35(30)16-23(38)34-20-10-8-19(33)9-11-20/h4-15,24-26H,16H2,1-3H3,(H,34,38). The van der Waals surface area contributed by atoms with Crippen molar-refractivity contribution in [1.82, 2.24) is 4.57 Å². The summed E-state index contributed by atoms with van der Waals surface area (Å²) in [5, 5.41) is 13.4. The average Bonchev–Trinajstić information content (AvgIpc) is 3.44. The number of nitro groups is 1. The lowest BCUT2D eigenvalue weighted by Crippen LogP contribution is -2.33. The summed E-state index contributed by atoms with van der Waals surface area (Å²) in [5.41, 5.74) is 2.08. The van der Waals surface area contributed by atoms with E-state index in [9.17, 15) is 33.7 Å². The molecule has 3 atom stereocenters. The van der Waals surface area contributed by atoms with Crippen LogP contribution in [-0.2, 0) is 26.3 Å². The summed E-state index contributed by atoms with van der Waals surface area (Å²) in [6.07, 6.45) is 0. The molecule has 0 saturated carbocycles. The third-order valence-electron chi connectivity index (χ3n) is 7.93. The van der Waals surface area contributed by atoms with E-state index >= 15 is 0 Å². The number of carbonyl (C=O) groups excluding carboxylic acids is 3. The molecule has 1 aromatic heterocycles. The van der Waals surface area contributed by atoms with Gasteiger partial charge in [0, 0.05) is 28.6 Å². The summed E-state index contributed by atoms with van der Waals surface area (Å²) in [6, 6.07) is 18.2. The molecular weight excluding hydrogens is 620 g/mol. The lowest BCUT2D eigenvalue weighted by atomic mass is 9.81. The van der Waals surface area contributed by atoms with Crippen molar-refractivity contribution in [2.45, 2.75) is 48.9 Å². The van der Waals surface area contributed by atoms with Crippen LogP contribution in [0.2, 0.25) is 0 Å². The van der Waals surface area contributed by atoms with E-state index in [0.717, 1.165) is 39.1 Å². The zero-order chi connectivity index (χ0) is 32.2. The quantitative estimate of drug-likeness (QED) is 0.162. The smallest absolute Gasteiger partial charge is 0.308 e. The summed E-state index contributed by atoms with van der Waals surface area (Å²) >= 11 is 2.01. The third-order valence-corrected chi connectivity index (χ3v) is 10.5. The van der Waals surface area contributed by atoms with Crippen molar-refractivity contribution in [3.63, 3.8) is 0 Å². The van der Waals surface area contributed by atoms with Crippen LogP contribution in [-0.4, -0.2) is 32.5 Å². The fourth-order valence-electron chi connectivity index (χ4n) is 5.66. The number of thioether (sulfide) groups is 1. The second kappa shape index (κ2) is 11.4. The molecule has 0 radical (unpaired) electrons. The number of anilines is 2. The van der Waals surface area contributed by atoms with Crippen molar-refractivity contribution in [2.75, 3.05) is 10.2 Å². The summed E-state index contributed by atoms with van der Waals surface area (Å²) in [4.78, 5) is 66.2. The molecule has 0 spiro atoms. The van der Waals surface area contributed by atoms with E-state index in [0.29, 0.717) is 15.6 Å². The van der Waals surface area contributed by atoms with Gasteiger partial charge in [-0.05, 0) is 52.9 Å². The molecule has 0 bridgehead atoms. The number of nitrogens with zero attached hydrogens (tertiary/aromatic N) is 3. The molecule has 45 heavy (non-hydrogen) atoms. The fraction of sp³-hybridized carbons (Fsp3) is 0.250. The van der Waals surface area contributed by atoms with Crippen molar-refractivity contribution >= 4 is 57.9 Å². The van der Waals surface area contributed by atoms with Crippen molar-refractivity contribution in [2.24, 2.45) is 5.92 Å². The number of non-ortho nitro benzene ring substituents is 1. The molecule has 3 heterocycles. The first-order chi connectivity index (χ1) is 21.3. The van der Waals surface area contributed by atoms with Crippen LogP contribution >= 0.6 is 23.1 Å². The van der Waals surface area contributed by atoms with Gasteiger partial charge in [-0.2, -0.15) is 0 Å². The Balaban J connectivity index is 1.41. The molecule has 230 valence electrons. The number of halogens is 1. The summed E-state index contributed by atoms with van der Waals surface area (Å²) in [7, 11) is 0. The maximum absolute atomic E-state index is 14.1. The number of rotatable bonds is 6. The molecule has 6 rings (SSSR count). The first-order valence-corrected chi connectivity index (χ1v) is 15.7. The highest BCUT2D eigenvalue weighted by molar-refractivity contribution is 8.00. The van der Waals surface area contributed by atoms with Gasteiger partial charge in [-0.25, -0.2) is 9.29 Å². The number of thiazole rings is 1. The van der Waals surface area contributed by atoms with Gasteiger partial charge in [0.05, 0.1) is 21.6 Å². The van der Waals surface area contributed by atoms with Crippen molar-refractivity contribution in [3.05, 3.63) is 114 Å². The van der Waals surface area contributed by atoms with Crippen LogP contribution < -0.4 is 15.1 Å². The molecule has 1 N–H and O–H groups in total. The topological polar surface area (TPSA) is 132 Å². The number of imide groups is 1. The predicted octanol–water partition coefficient (Wildman–Crippen LogP) is 5.69. The van der Waals surface area contributed by atoms with E-state index in [2.05, 4.69) is 26.1 Å². The fourth-order valence-corrected chi connectivity index (χ4v) is 8.43. The predicted molar refractivity (Wildman–Crippen MR) is 169 cm³/mol. The number of aromatic nitrogens is 1. The molecule has 2 aliphatic heterocycles. The van der Waals surface area contributed by atoms with E-state index in [1.54, 1.807) is 0 Å². The first-order valence-electron chi connectivity index (χ1n) is 14.0. The Labute approximate surface area is 265 Å². The van der Waals surface area contributed by atoms with E-state index in [-0.39, 0.29) is 23.3 Å². The molecule has 0 aliphatic carbocycles. The number of nitro benzene ring substituents is 1. The molecule has 2 aliphatic rings. The van der Waals surface area contributed by atoms with Crippen LogP contribution in [0.3, 0.4) is 0 Å². The number of benzene rings is 3. The largest absolute Gasteiger partial charge is 0.325 e. The lowest BCUT2D eigenvalue weighted by Gasteiger charge is -2.31. The highest BCUT2D eigenvalue weighted by Crippen LogP contribution is 2.54. The molecule has 3 amide bonds. The third kappa shape index (κ3) is 5.57. The van der Waals surface area contributed by atoms with Gasteiger partial charge in [0.2, 0.25) is 17.7 Å². The summed E-state index contributed by atoms with van der Waals surface area (Å²) in [5.74, 6) is -3.46. The van der Waals surface area contributed by atoms with Crippen molar-refractivity contribution in [3.8, 4) is 0 Å². The van der Waals surface area contributed by atoms with Crippen LogP contribution in [0.4, 0.5) is 21.5 Å². The minimum absolute atomic E-state index is 0.132. The maximum Gasteiger partial charge on any atom is 0.308 e. The number of fused-ring (bicyclic) bond motifs is 2. The maximum atomic E-state index is 14.1. The average molecular weight is 647 g/mol. The molecule has 4 aromatic rings. The van der Waals surface area contributed by atoms with Crippen LogP contribution in [0.25, 0.3) is 0 Å². The second-order valence-corrected chi connectivity index (χ2v) is 14.0. The van der Waals surface area contributed by atoms with Crippen LogP contribution in [0.1, 0.15) is 42.7 Å². The zero-order valence-electron chi connectivity index (χ0n) is 24.4. The number of nitrogens with one attached hydrogen (secondary N) is 1. The highest BCUT2D eigenvalue weighted by atomic mass is 32.2. The molecule has 10 nitrogen and oxygen atoms in total. The van der Waals surface area contributed by atoms with Gasteiger partial charge in [-0.15, -0.1) is 0 Å². The zero-order valence-corrected chi connectivity index (χ0v) is 26.0. The SMILES string of the molecule is CC(C)(C)c1ccc(C2c3sc(=O)n(CC(=O)Nc4ccc(F)cc4)c3SC3C(=O)N(c4ccc([N+](=O)[O-])cc4)C(=O)C32)cc1. The molecule has 3 aromatic carbocycles. The number of carbonyl (C=O) groups is 3. The minimum atomic E-state index is -0.909. The lowest BCUT2D eigenvalue weighted by molar-refractivity contribution is -0.384. The molecule has 1 saturated heterocycles. The van der Waals surface area contributed by atoms with Crippen LogP contribution in [0.15, 0.2) is 82.6 Å². The van der Waals surface area contributed by atoms with E-state index in [1.165, 1.54) is 53.1 Å². The van der Waals surface area contributed by atoms with Gasteiger partial charge in [-0.3, -0.25) is 33.9 Å². The monoisotopic (exact) mass is 646 g/mol. The molecule has 3 unspecified atom stereocenters. The van der Waals surface area contributed by atoms with Gasteiger partial charge in [0.15, 0.2) is 0 Å². The highest BCUT2D eigenvalue weighted by Gasteiger charge is 2.56. The van der Waals surface area contributed by atoms with Gasteiger partial charge < -0.3 is 5.32 Å². The van der Waals surface area contributed by atoms with Crippen molar-refractivity contribution < 1.29 is 23.7 Å². The van der Waals surface area contributed by atoms with E-state index < -0.39 is 50.4 Å². The first kappa shape index (κ1) is 30.4. The summed E-state index contributed by atoms with van der Waals surface area (Å²) in [6.45, 7) is 5.89. The van der Waals surface area contributed by atoms with E-state index in [4.69, 9.17) is 0 Å². The Morgan fingerprint density at radius 2 is 1.60 bits per heavy atom. The Morgan fingerprint density at radius 1 is 0.956 bits per heavy atom. The molecular formula is C32H27FN4O6S2. The van der Waals surface area contributed by atoms with Crippen molar-refractivity contribution in [1.29, 1.82) is 0 Å². The molecule has 13 heteroatoms. The normalized spacial score (nSPS) is 19.3. The Morgan fingerprint density at radius 3 is 2.20 bits per heavy atom. The van der Waals surface area contributed by atoms with Crippen LogP contribution in [0.5, 0.6) is 0 Å².